The average Bonchev–Trinajstić information content (AvgIpc) is 3.05. The Morgan fingerprint density at radius 3 is 2.70 bits per heavy atom. The minimum absolute atomic E-state index is 0.568. The Bertz CT molecular complexity index is 465. The molecule has 0 amide bonds. The number of likely N-dealkylation sites (N-methyl/N-ethyl adjacent to an activating group) is 1. The van der Waals surface area contributed by atoms with E-state index in [-0.39, 0.29) is 0 Å². The number of rotatable bonds is 6. The average molecular weight is 322 g/mol. The highest BCUT2D eigenvalue weighted by molar-refractivity contribution is 5.80. The summed E-state index contributed by atoms with van der Waals surface area (Å²) in [5.41, 5.74) is 0.998. The molecule has 0 spiro atoms. The molecule has 2 rings (SSSR count). The normalized spacial score (nSPS) is 17.3. The summed E-state index contributed by atoms with van der Waals surface area (Å²) in [6.07, 6.45) is 1.63. The minimum Gasteiger partial charge on any atom is -0.364 e. The quantitative estimate of drug-likeness (QED) is 0.615. The van der Waals surface area contributed by atoms with Crippen molar-refractivity contribution in [1.29, 1.82) is 0 Å². The molecule has 23 heavy (non-hydrogen) atoms. The van der Waals surface area contributed by atoms with Crippen LogP contribution in [0.3, 0.4) is 0 Å². The van der Waals surface area contributed by atoms with Gasteiger partial charge in [-0.15, -0.1) is 0 Å². The number of hydrogen-bond donors (Lipinski definition) is 1. The van der Waals surface area contributed by atoms with Crippen molar-refractivity contribution in [2.24, 2.45) is 4.99 Å². The van der Waals surface area contributed by atoms with Gasteiger partial charge in [0.2, 0.25) is 0 Å². The molecule has 0 aliphatic carbocycles. The zero-order valence-electron chi connectivity index (χ0n) is 14.8. The minimum atomic E-state index is 0.568. The Labute approximate surface area is 139 Å². The van der Waals surface area contributed by atoms with Gasteiger partial charge in [-0.25, -0.2) is 0 Å². The van der Waals surface area contributed by atoms with Gasteiger partial charge in [-0.3, -0.25) is 9.89 Å². The lowest BCUT2D eigenvalue weighted by Crippen LogP contribution is -2.53. The Balaban J connectivity index is 1.72. The van der Waals surface area contributed by atoms with E-state index in [1.165, 1.54) is 0 Å². The highest BCUT2D eigenvalue weighted by Gasteiger charge is 2.20. The smallest absolute Gasteiger partial charge is 0.193 e. The van der Waals surface area contributed by atoms with Gasteiger partial charge in [0.1, 0.15) is 6.26 Å². The number of nitrogens with one attached hydrogen (secondary N) is 1. The van der Waals surface area contributed by atoms with Crippen LogP contribution >= 0.6 is 0 Å². The predicted octanol–water partition coefficient (Wildman–Crippen LogP) is 0.708. The van der Waals surface area contributed by atoms with Crippen LogP contribution in [0.2, 0.25) is 0 Å². The fraction of sp³-hybridized carbons (Fsp3) is 0.750. The highest BCUT2D eigenvalue weighted by atomic mass is 16.5. The summed E-state index contributed by atoms with van der Waals surface area (Å²) in [6.45, 7) is 11.2. The van der Waals surface area contributed by atoms with Gasteiger partial charge < -0.3 is 19.6 Å². The van der Waals surface area contributed by atoms with E-state index in [1.54, 1.807) is 6.26 Å². The molecule has 1 aliphatic heterocycles. The van der Waals surface area contributed by atoms with Crippen LogP contribution in [0, 0.1) is 0 Å². The molecule has 1 aliphatic rings. The Hall–Kier alpha value is -1.60. The van der Waals surface area contributed by atoms with E-state index in [1.807, 2.05) is 13.1 Å². The largest absolute Gasteiger partial charge is 0.364 e. The van der Waals surface area contributed by atoms with Gasteiger partial charge >= 0.3 is 0 Å². The van der Waals surface area contributed by atoms with Crippen LogP contribution in [0.4, 0.5) is 0 Å². The van der Waals surface area contributed by atoms with Crippen molar-refractivity contribution in [3.05, 3.63) is 18.0 Å². The summed E-state index contributed by atoms with van der Waals surface area (Å²) in [7, 11) is 4.01. The third-order valence-electron chi connectivity index (χ3n) is 4.39. The lowest BCUT2D eigenvalue weighted by atomic mass is 10.3. The first-order valence-corrected chi connectivity index (χ1v) is 8.37. The second-order valence-electron chi connectivity index (χ2n) is 6.30. The highest BCUT2D eigenvalue weighted by Crippen LogP contribution is 2.07. The monoisotopic (exact) mass is 322 g/mol. The number of aromatic nitrogens is 1. The van der Waals surface area contributed by atoms with Crippen molar-refractivity contribution in [3.63, 3.8) is 0 Å². The molecule has 7 nitrogen and oxygen atoms in total. The van der Waals surface area contributed by atoms with E-state index < -0.39 is 0 Å². The van der Waals surface area contributed by atoms with Crippen molar-refractivity contribution >= 4 is 5.96 Å². The fourth-order valence-corrected chi connectivity index (χ4v) is 2.60. The molecule has 130 valence electrons. The van der Waals surface area contributed by atoms with Crippen molar-refractivity contribution < 1.29 is 4.52 Å². The summed E-state index contributed by atoms with van der Waals surface area (Å²) in [5, 5.41) is 7.45. The van der Waals surface area contributed by atoms with Gasteiger partial charge in [0.05, 0.1) is 5.69 Å². The summed E-state index contributed by atoms with van der Waals surface area (Å²) in [6, 6.07) is 2.50. The molecule has 1 fully saturated rings. The van der Waals surface area contributed by atoms with Crippen LogP contribution in [0.5, 0.6) is 0 Å². The number of hydrogen-bond acceptors (Lipinski definition) is 5. The second-order valence-corrected chi connectivity index (χ2v) is 6.30. The first kappa shape index (κ1) is 17.7. The molecule has 1 aromatic rings. The molecular formula is C16H30N6O. The zero-order chi connectivity index (χ0) is 16.7. The van der Waals surface area contributed by atoms with Gasteiger partial charge in [0.25, 0.3) is 0 Å². The molecule has 0 bridgehead atoms. The summed E-state index contributed by atoms with van der Waals surface area (Å²) in [5.74, 6) is 1.00. The third-order valence-corrected chi connectivity index (χ3v) is 4.39. The molecule has 0 atom stereocenters. The molecule has 2 heterocycles. The molecule has 1 saturated heterocycles. The van der Waals surface area contributed by atoms with Crippen molar-refractivity contribution in [2.45, 2.75) is 26.4 Å². The number of guanidine groups is 1. The van der Waals surface area contributed by atoms with E-state index in [2.05, 4.69) is 51.1 Å². The molecule has 1 aromatic heterocycles. The Morgan fingerprint density at radius 1 is 1.39 bits per heavy atom. The topological polar surface area (TPSA) is 60.1 Å². The first-order valence-electron chi connectivity index (χ1n) is 8.37. The number of aliphatic imine (C=N–C) groups is 1. The Kier molecular flexibility index (Phi) is 6.85. The molecule has 0 radical (unpaired) electrons. The molecule has 1 N–H and O–H groups in total. The first-order chi connectivity index (χ1) is 11.1. The fourth-order valence-electron chi connectivity index (χ4n) is 2.60. The molecular weight excluding hydrogens is 292 g/mol. The SMILES string of the molecule is CN=C(NCCN(C)C(C)C)N1CCN(Cc2ccon2)CC1. The third kappa shape index (κ3) is 5.51. The van der Waals surface area contributed by atoms with Crippen LogP contribution in [0.1, 0.15) is 19.5 Å². The zero-order valence-corrected chi connectivity index (χ0v) is 14.8. The van der Waals surface area contributed by atoms with Crippen molar-refractivity contribution in [1.82, 2.24) is 25.2 Å². The second kappa shape index (κ2) is 8.88. The van der Waals surface area contributed by atoms with Gasteiger partial charge in [-0.2, -0.15) is 0 Å². The van der Waals surface area contributed by atoms with E-state index in [0.717, 1.165) is 57.5 Å². The van der Waals surface area contributed by atoms with Crippen LogP contribution in [-0.4, -0.2) is 85.2 Å². The maximum absolute atomic E-state index is 4.89. The lowest BCUT2D eigenvalue weighted by molar-refractivity contribution is 0.168. The van der Waals surface area contributed by atoms with E-state index in [9.17, 15) is 0 Å². The number of nitrogens with zero attached hydrogens (tertiary/aromatic N) is 5. The molecule has 0 aromatic carbocycles. The molecule has 0 saturated carbocycles. The number of piperazine rings is 1. The lowest BCUT2D eigenvalue weighted by Gasteiger charge is -2.36. The van der Waals surface area contributed by atoms with Gasteiger partial charge in [-0.05, 0) is 20.9 Å². The van der Waals surface area contributed by atoms with Gasteiger partial charge in [0, 0.05) is 65.0 Å². The maximum atomic E-state index is 4.89. The predicted molar refractivity (Wildman–Crippen MR) is 92.5 cm³/mol. The maximum Gasteiger partial charge on any atom is 0.193 e. The van der Waals surface area contributed by atoms with Crippen LogP contribution in [-0.2, 0) is 6.54 Å². The van der Waals surface area contributed by atoms with Crippen molar-refractivity contribution in [3.8, 4) is 0 Å². The Morgan fingerprint density at radius 2 is 2.13 bits per heavy atom. The van der Waals surface area contributed by atoms with Crippen molar-refractivity contribution in [2.75, 3.05) is 53.4 Å². The summed E-state index contributed by atoms with van der Waals surface area (Å²) < 4.78 is 4.89. The summed E-state index contributed by atoms with van der Waals surface area (Å²) in [4.78, 5) is 11.5. The standard InChI is InChI=1S/C16H30N6O/c1-14(2)20(4)7-6-18-16(17-3)22-10-8-21(9-11-22)13-15-5-12-23-19-15/h5,12,14H,6-11,13H2,1-4H3,(H,17,18). The van der Waals surface area contributed by atoms with Crippen LogP contribution in [0.15, 0.2) is 21.8 Å². The van der Waals surface area contributed by atoms with E-state index >= 15 is 0 Å². The summed E-state index contributed by atoms with van der Waals surface area (Å²) >= 11 is 0. The van der Waals surface area contributed by atoms with Crippen LogP contribution in [0.25, 0.3) is 0 Å². The van der Waals surface area contributed by atoms with Gasteiger partial charge in [0.15, 0.2) is 5.96 Å². The molecule has 7 heteroatoms. The molecule has 0 unspecified atom stereocenters. The van der Waals surface area contributed by atoms with E-state index in [4.69, 9.17) is 4.52 Å². The van der Waals surface area contributed by atoms with Crippen LogP contribution < -0.4 is 5.32 Å². The van der Waals surface area contributed by atoms with E-state index in [0.29, 0.717) is 6.04 Å². The van der Waals surface area contributed by atoms with Gasteiger partial charge in [-0.1, -0.05) is 5.16 Å².